The molecule has 4 aromatic heterocycles. The van der Waals surface area contributed by atoms with E-state index >= 15 is 0 Å². The Hall–Kier alpha value is -4.89. The zero-order chi connectivity index (χ0) is 26.2. The number of likely N-dealkylation sites (N-methyl/N-ethyl adjacent to an activating group) is 1. The maximum absolute atomic E-state index is 14.6. The minimum Gasteiger partial charge on any atom is -0.352 e. The smallest absolute Gasteiger partial charge is 0.238 e. The van der Waals surface area contributed by atoms with Gasteiger partial charge in [-0.05, 0) is 50.0 Å². The first kappa shape index (κ1) is 23.5. The molecule has 0 aliphatic carbocycles. The fraction of sp³-hybridized carbons (Fsp3) is 0.103. The van der Waals surface area contributed by atoms with E-state index in [1.54, 1.807) is 41.8 Å². The minimum absolute atomic E-state index is 0.107. The van der Waals surface area contributed by atoms with Crippen LogP contribution in [0.5, 0.6) is 0 Å². The second-order valence-electron chi connectivity index (χ2n) is 9.39. The number of carbonyl (C=O) groups is 1. The van der Waals surface area contributed by atoms with Gasteiger partial charge in [0.1, 0.15) is 11.5 Å². The monoisotopic (exact) mass is 505 g/mol. The number of fused-ring (bicyclic) bond motifs is 2. The van der Waals surface area contributed by atoms with E-state index in [2.05, 4.69) is 30.5 Å². The van der Waals surface area contributed by atoms with E-state index in [1.165, 1.54) is 6.07 Å². The van der Waals surface area contributed by atoms with Crippen molar-refractivity contribution < 1.29 is 9.18 Å². The van der Waals surface area contributed by atoms with Crippen LogP contribution in [-0.2, 0) is 4.79 Å². The van der Waals surface area contributed by atoms with E-state index < -0.39 is 0 Å². The van der Waals surface area contributed by atoms with Gasteiger partial charge in [-0.3, -0.25) is 19.9 Å². The molecule has 0 unspecified atom stereocenters. The topological polar surface area (TPSA) is 103 Å². The van der Waals surface area contributed by atoms with Crippen molar-refractivity contribution in [3.05, 3.63) is 85.2 Å². The van der Waals surface area contributed by atoms with Crippen LogP contribution in [0.15, 0.2) is 79.4 Å². The quantitative estimate of drug-likeness (QED) is 0.278. The van der Waals surface area contributed by atoms with Crippen molar-refractivity contribution in [1.29, 1.82) is 0 Å². The predicted molar refractivity (Wildman–Crippen MR) is 147 cm³/mol. The van der Waals surface area contributed by atoms with Crippen molar-refractivity contribution in [1.82, 2.24) is 30.0 Å². The molecule has 3 N–H and O–H groups in total. The van der Waals surface area contributed by atoms with Crippen LogP contribution < -0.4 is 5.32 Å². The zero-order valence-corrected chi connectivity index (χ0v) is 20.8. The summed E-state index contributed by atoms with van der Waals surface area (Å²) in [4.78, 5) is 26.0. The fourth-order valence-corrected chi connectivity index (χ4v) is 4.63. The Morgan fingerprint density at radius 3 is 2.58 bits per heavy atom. The molecule has 0 fully saturated rings. The Bertz CT molecular complexity index is 1800. The van der Waals surface area contributed by atoms with Crippen LogP contribution in [0.1, 0.15) is 0 Å². The number of nitrogens with one attached hydrogen (secondary N) is 3. The normalized spacial score (nSPS) is 11.5. The van der Waals surface area contributed by atoms with Gasteiger partial charge in [0.05, 0.1) is 41.4 Å². The number of amides is 1. The Morgan fingerprint density at radius 1 is 0.895 bits per heavy atom. The lowest BCUT2D eigenvalue weighted by Crippen LogP contribution is -2.27. The maximum atomic E-state index is 14.6. The van der Waals surface area contributed by atoms with Gasteiger partial charge in [-0.25, -0.2) is 4.39 Å². The van der Waals surface area contributed by atoms with E-state index in [9.17, 15) is 9.18 Å². The Morgan fingerprint density at radius 2 is 1.74 bits per heavy atom. The van der Waals surface area contributed by atoms with Crippen LogP contribution >= 0.6 is 0 Å². The summed E-state index contributed by atoms with van der Waals surface area (Å²) < 4.78 is 14.6. The number of aromatic amines is 2. The number of nitrogens with zero attached hydrogens (tertiary/aromatic N) is 4. The summed E-state index contributed by atoms with van der Waals surface area (Å²) in [7, 11) is 3.69. The highest BCUT2D eigenvalue weighted by molar-refractivity contribution is 6.01. The number of benzene rings is 2. The third-order valence-electron chi connectivity index (χ3n) is 6.34. The number of H-pyrrole nitrogens is 2. The first-order valence-electron chi connectivity index (χ1n) is 12.1. The molecule has 0 aliphatic rings. The molecule has 0 saturated heterocycles. The van der Waals surface area contributed by atoms with Crippen LogP contribution in [0.25, 0.3) is 55.4 Å². The average Bonchev–Trinajstić information content (AvgIpc) is 3.52. The lowest BCUT2D eigenvalue weighted by molar-refractivity contribution is -0.116. The number of anilines is 1. The summed E-state index contributed by atoms with van der Waals surface area (Å²) in [5.41, 5.74) is 6.82. The molecule has 9 heteroatoms. The highest BCUT2D eigenvalue weighted by Gasteiger charge is 2.16. The molecule has 2 aromatic carbocycles. The minimum atomic E-state index is -0.298. The van der Waals surface area contributed by atoms with E-state index in [1.807, 2.05) is 50.5 Å². The Labute approximate surface area is 217 Å². The van der Waals surface area contributed by atoms with Crippen LogP contribution in [-0.4, -0.2) is 56.6 Å². The van der Waals surface area contributed by atoms with Gasteiger partial charge >= 0.3 is 0 Å². The molecular formula is C29H24FN7O. The molecule has 8 nitrogen and oxygen atoms in total. The molecular weight excluding hydrogens is 481 g/mol. The maximum Gasteiger partial charge on any atom is 0.238 e. The SMILES string of the molecule is CN(C)CC(=O)Nc1cncc(-c2ccc3[nH]nc(-c4cc5c(-c6ccccc6F)cncc5[nH]4)c3c2)c1. The van der Waals surface area contributed by atoms with Gasteiger partial charge in [0.15, 0.2) is 0 Å². The molecule has 0 bridgehead atoms. The Kier molecular flexibility index (Phi) is 5.89. The van der Waals surface area contributed by atoms with Gasteiger partial charge in [0.2, 0.25) is 5.91 Å². The van der Waals surface area contributed by atoms with Gasteiger partial charge < -0.3 is 15.2 Å². The molecule has 38 heavy (non-hydrogen) atoms. The van der Waals surface area contributed by atoms with Crippen LogP contribution in [0.3, 0.4) is 0 Å². The lowest BCUT2D eigenvalue weighted by atomic mass is 10.0. The van der Waals surface area contributed by atoms with E-state index in [0.29, 0.717) is 16.8 Å². The number of rotatable bonds is 6. The van der Waals surface area contributed by atoms with Crippen molar-refractivity contribution in [3.8, 4) is 33.6 Å². The Balaban J connectivity index is 1.39. The molecule has 0 atom stereocenters. The fourth-order valence-electron chi connectivity index (χ4n) is 4.63. The third kappa shape index (κ3) is 4.39. The van der Waals surface area contributed by atoms with Crippen LogP contribution in [0.2, 0.25) is 0 Å². The molecule has 4 heterocycles. The van der Waals surface area contributed by atoms with E-state index in [4.69, 9.17) is 0 Å². The molecule has 0 aliphatic heterocycles. The lowest BCUT2D eigenvalue weighted by Gasteiger charge is -2.11. The van der Waals surface area contributed by atoms with Crippen molar-refractivity contribution in [2.75, 3.05) is 26.0 Å². The molecule has 1 amide bonds. The summed E-state index contributed by atoms with van der Waals surface area (Å²) in [6.07, 6.45) is 6.80. The zero-order valence-electron chi connectivity index (χ0n) is 20.8. The molecule has 188 valence electrons. The second kappa shape index (κ2) is 9.53. The first-order valence-corrected chi connectivity index (χ1v) is 12.1. The predicted octanol–water partition coefficient (Wildman–Crippen LogP) is 5.47. The first-order chi connectivity index (χ1) is 18.5. The largest absolute Gasteiger partial charge is 0.352 e. The van der Waals surface area contributed by atoms with Crippen molar-refractivity contribution in [2.45, 2.75) is 0 Å². The van der Waals surface area contributed by atoms with Gasteiger partial charge in [-0.15, -0.1) is 0 Å². The molecule has 6 rings (SSSR count). The van der Waals surface area contributed by atoms with Crippen molar-refractivity contribution in [2.24, 2.45) is 0 Å². The molecule has 0 saturated carbocycles. The van der Waals surface area contributed by atoms with Gasteiger partial charge in [0, 0.05) is 39.9 Å². The summed E-state index contributed by atoms with van der Waals surface area (Å²) in [5, 5.41) is 12.3. The number of aromatic nitrogens is 5. The number of hydrogen-bond acceptors (Lipinski definition) is 5. The molecule has 6 aromatic rings. The third-order valence-corrected chi connectivity index (χ3v) is 6.34. The van der Waals surface area contributed by atoms with Gasteiger partial charge in [0.25, 0.3) is 0 Å². The highest BCUT2D eigenvalue weighted by Crippen LogP contribution is 2.35. The van der Waals surface area contributed by atoms with Crippen LogP contribution in [0.4, 0.5) is 10.1 Å². The number of carbonyl (C=O) groups excluding carboxylic acids is 1. The van der Waals surface area contributed by atoms with Gasteiger partial charge in [-0.1, -0.05) is 24.3 Å². The summed E-state index contributed by atoms with van der Waals surface area (Å²) in [6, 6.07) is 16.5. The molecule has 0 radical (unpaired) electrons. The summed E-state index contributed by atoms with van der Waals surface area (Å²) in [6.45, 7) is 0.285. The summed E-state index contributed by atoms with van der Waals surface area (Å²) >= 11 is 0. The van der Waals surface area contributed by atoms with Crippen LogP contribution in [0, 0.1) is 5.82 Å². The van der Waals surface area contributed by atoms with Gasteiger partial charge in [-0.2, -0.15) is 5.10 Å². The van der Waals surface area contributed by atoms with Crippen molar-refractivity contribution >= 4 is 33.4 Å². The second-order valence-corrected chi connectivity index (χ2v) is 9.39. The van der Waals surface area contributed by atoms with E-state index in [0.717, 1.165) is 44.3 Å². The van der Waals surface area contributed by atoms with E-state index in [-0.39, 0.29) is 18.3 Å². The van der Waals surface area contributed by atoms with Crippen molar-refractivity contribution in [3.63, 3.8) is 0 Å². The summed E-state index contributed by atoms with van der Waals surface area (Å²) in [5.74, 6) is -0.405. The number of hydrogen-bond donors (Lipinski definition) is 3. The number of halogens is 1. The number of pyridine rings is 2. The molecule has 0 spiro atoms. The highest BCUT2D eigenvalue weighted by atomic mass is 19.1. The standard InChI is InChI=1S/C29H24FN7O/c1-37(2)16-28(38)33-19-9-18(12-31-13-19)17-7-8-25-22(10-17)29(36-35-25)26-11-21-23(14-32-15-27(21)34-26)20-5-3-4-6-24(20)30/h3-15,34H,16H2,1-2H3,(H,33,38)(H,35,36). The average molecular weight is 506 g/mol.